The zero-order valence-corrected chi connectivity index (χ0v) is 23.5. The van der Waals surface area contributed by atoms with Crippen LogP contribution in [-0.2, 0) is 17.9 Å². The zero-order valence-electron chi connectivity index (χ0n) is 23.5. The van der Waals surface area contributed by atoms with Crippen LogP contribution in [0.1, 0.15) is 36.8 Å². The molecule has 0 radical (unpaired) electrons. The molecule has 0 unspecified atom stereocenters. The summed E-state index contributed by atoms with van der Waals surface area (Å²) in [6, 6.07) is 33.0. The Kier molecular flexibility index (Phi) is 8.01. The molecule has 0 saturated carbocycles. The van der Waals surface area contributed by atoms with Crippen molar-refractivity contribution in [2.24, 2.45) is 5.73 Å². The Morgan fingerprint density at radius 2 is 1.39 bits per heavy atom. The van der Waals surface area contributed by atoms with E-state index in [9.17, 15) is 9.59 Å². The van der Waals surface area contributed by atoms with Gasteiger partial charge in [0.05, 0.1) is 6.04 Å². The van der Waals surface area contributed by atoms with Gasteiger partial charge in [0, 0.05) is 26.2 Å². The minimum atomic E-state index is -0.451. The van der Waals surface area contributed by atoms with E-state index < -0.39 is 6.04 Å². The van der Waals surface area contributed by atoms with Crippen molar-refractivity contribution >= 4 is 22.7 Å². The Labute approximate surface area is 242 Å². The fraction of sp³-hybridized carbons (Fsp3) is 0.314. The van der Waals surface area contributed by atoms with Gasteiger partial charge in [0.2, 0.25) is 5.91 Å². The van der Waals surface area contributed by atoms with Crippen LogP contribution in [-0.4, -0.2) is 58.4 Å². The summed E-state index contributed by atoms with van der Waals surface area (Å²) in [5.41, 5.74) is 10.3. The van der Waals surface area contributed by atoms with Gasteiger partial charge >= 0.3 is 6.03 Å². The summed E-state index contributed by atoms with van der Waals surface area (Å²) < 4.78 is 0. The average molecular weight is 547 g/mol. The van der Waals surface area contributed by atoms with Crippen molar-refractivity contribution < 1.29 is 9.59 Å². The van der Waals surface area contributed by atoms with Crippen LogP contribution in [0.5, 0.6) is 0 Å². The van der Waals surface area contributed by atoms with Gasteiger partial charge in [-0.15, -0.1) is 0 Å². The van der Waals surface area contributed by atoms with Crippen molar-refractivity contribution in [1.82, 2.24) is 14.7 Å². The van der Waals surface area contributed by atoms with Crippen LogP contribution in [0.2, 0.25) is 0 Å². The highest BCUT2D eigenvalue weighted by atomic mass is 16.2. The number of urea groups is 1. The third-order valence-electron chi connectivity index (χ3n) is 8.53. The summed E-state index contributed by atoms with van der Waals surface area (Å²) in [5.74, 6) is 0.0556. The van der Waals surface area contributed by atoms with E-state index in [0.717, 1.165) is 36.0 Å². The number of hydrogen-bond donors (Lipinski definition) is 1. The molecule has 2 N–H and O–H groups in total. The molecule has 4 aromatic carbocycles. The molecule has 0 aromatic heterocycles. The highest BCUT2D eigenvalue weighted by Gasteiger charge is 2.46. The smallest absolute Gasteiger partial charge is 0.321 e. The molecule has 2 aliphatic heterocycles. The Balaban J connectivity index is 1.18. The lowest BCUT2D eigenvalue weighted by atomic mass is 10.0. The molecule has 2 heterocycles. The van der Waals surface area contributed by atoms with Gasteiger partial charge in [-0.05, 0) is 71.3 Å². The maximum atomic E-state index is 14.0. The van der Waals surface area contributed by atoms with E-state index in [-0.39, 0.29) is 18.0 Å². The molecule has 2 aliphatic rings. The van der Waals surface area contributed by atoms with E-state index in [2.05, 4.69) is 66.7 Å². The van der Waals surface area contributed by atoms with Crippen LogP contribution < -0.4 is 5.73 Å². The molecule has 0 aliphatic carbocycles. The van der Waals surface area contributed by atoms with Gasteiger partial charge in [0.15, 0.2) is 0 Å². The zero-order chi connectivity index (χ0) is 28.2. The third kappa shape index (κ3) is 5.84. The molecule has 2 atom stereocenters. The van der Waals surface area contributed by atoms with Crippen LogP contribution >= 0.6 is 0 Å². The predicted molar refractivity (Wildman–Crippen MR) is 164 cm³/mol. The first-order valence-electron chi connectivity index (χ1n) is 14.8. The topological polar surface area (TPSA) is 69.9 Å². The number of nitrogens with zero attached hydrogens (tertiary/aromatic N) is 3. The van der Waals surface area contributed by atoms with Crippen LogP contribution in [0, 0.1) is 0 Å². The summed E-state index contributed by atoms with van der Waals surface area (Å²) >= 11 is 0. The van der Waals surface area contributed by atoms with E-state index in [1.807, 2.05) is 45.0 Å². The maximum absolute atomic E-state index is 14.0. The summed E-state index contributed by atoms with van der Waals surface area (Å²) in [7, 11) is 0. The Morgan fingerprint density at radius 3 is 2.17 bits per heavy atom. The quantitative estimate of drug-likeness (QED) is 0.260. The van der Waals surface area contributed by atoms with Crippen molar-refractivity contribution in [3.05, 3.63) is 108 Å². The lowest BCUT2D eigenvalue weighted by molar-refractivity contribution is -0.135. The second kappa shape index (κ2) is 12.1. The molecule has 6 heteroatoms. The fourth-order valence-electron chi connectivity index (χ4n) is 6.35. The van der Waals surface area contributed by atoms with Gasteiger partial charge in [0.25, 0.3) is 0 Å². The fourth-order valence-corrected chi connectivity index (χ4v) is 6.35. The molecule has 2 fully saturated rings. The van der Waals surface area contributed by atoms with E-state index in [1.165, 1.54) is 16.3 Å². The van der Waals surface area contributed by atoms with E-state index in [4.69, 9.17) is 5.73 Å². The molecule has 6 rings (SSSR count). The molecule has 0 bridgehead atoms. The van der Waals surface area contributed by atoms with Gasteiger partial charge in [-0.1, -0.05) is 91.0 Å². The standard InChI is InChI=1S/C35H38N4O2/c36-20-7-6-12-33-34(40)37(24-27-15-18-29-10-4-5-11-31(29)22-27)21-19-32-25-38(35(41)39(32)33)23-26-13-16-30(17-14-26)28-8-2-1-3-9-28/h1-5,8-11,13-18,22,32-33H,6-7,12,19-21,23-25,36H2/t32-,33-/m0/s1. The highest BCUT2D eigenvalue weighted by Crippen LogP contribution is 2.31. The number of benzene rings is 4. The van der Waals surface area contributed by atoms with Crippen molar-refractivity contribution in [2.45, 2.75) is 50.9 Å². The first kappa shape index (κ1) is 27.0. The number of amides is 3. The summed E-state index contributed by atoms with van der Waals surface area (Å²) in [4.78, 5) is 33.6. The highest BCUT2D eigenvalue weighted by molar-refractivity contribution is 5.89. The summed E-state index contributed by atoms with van der Waals surface area (Å²) in [6.45, 7) is 2.98. The molecule has 0 spiro atoms. The van der Waals surface area contributed by atoms with Gasteiger partial charge in [-0.3, -0.25) is 4.79 Å². The molecule has 41 heavy (non-hydrogen) atoms. The van der Waals surface area contributed by atoms with Gasteiger partial charge < -0.3 is 20.4 Å². The molecule has 210 valence electrons. The van der Waals surface area contributed by atoms with Crippen molar-refractivity contribution in [1.29, 1.82) is 0 Å². The Morgan fingerprint density at radius 1 is 0.707 bits per heavy atom. The molecule has 4 aromatic rings. The normalized spacial score (nSPS) is 19.1. The number of fused-ring (bicyclic) bond motifs is 2. The van der Waals surface area contributed by atoms with Crippen LogP contribution in [0.3, 0.4) is 0 Å². The number of carbonyl (C=O) groups is 2. The minimum Gasteiger partial charge on any atom is -0.337 e. The molecule has 2 saturated heterocycles. The predicted octanol–water partition coefficient (Wildman–Crippen LogP) is 6.04. The van der Waals surface area contributed by atoms with Gasteiger partial charge in [-0.2, -0.15) is 0 Å². The molecular formula is C35H38N4O2. The van der Waals surface area contributed by atoms with Gasteiger partial charge in [0.1, 0.15) is 6.04 Å². The Bertz CT molecular complexity index is 1500. The van der Waals surface area contributed by atoms with Crippen LogP contribution in [0.15, 0.2) is 97.1 Å². The number of unbranched alkanes of at least 4 members (excludes halogenated alkanes) is 1. The van der Waals surface area contributed by atoms with Crippen molar-refractivity contribution in [3.63, 3.8) is 0 Å². The number of carbonyl (C=O) groups excluding carboxylic acids is 2. The maximum Gasteiger partial charge on any atom is 0.321 e. The van der Waals surface area contributed by atoms with Crippen LogP contribution in [0.25, 0.3) is 21.9 Å². The summed E-state index contributed by atoms with van der Waals surface area (Å²) in [5, 5.41) is 2.37. The average Bonchev–Trinajstić information content (AvgIpc) is 3.25. The Hall–Kier alpha value is -4.16. The second-order valence-corrected chi connectivity index (χ2v) is 11.3. The number of hydrogen-bond acceptors (Lipinski definition) is 3. The van der Waals surface area contributed by atoms with Crippen molar-refractivity contribution in [3.8, 4) is 11.1 Å². The van der Waals surface area contributed by atoms with E-state index >= 15 is 0 Å². The largest absolute Gasteiger partial charge is 0.337 e. The minimum absolute atomic E-state index is 0.0270. The SMILES string of the molecule is NCCCC[C@H]1C(=O)N(Cc2ccc3ccccc3c2)CC[C@H]2CN(Cc3ccc(-c4ccccc4)cc3)C(=O)N21. The first-order chi connectivity index (χ1) is 20.1. The van der Waals surface area contributed by atoms with Crippen molar-refractivity contribution in [2.75, 3.05) is 19.6 Å². The second-order valence-electron chi connectivity index (χ2n) is 11.3. The monoisotopic (exact) mass is 546 g/mol. The van der Waals surface area contributed by atoms with Crippen LogP contribution in [0.4, 0.5) is 4.79 Å². The molecular weight excluding hydrogens is 508 g/mol. The molecule has 6 nitrogen and oxygen atoms in total. The molecule has 3 amide bonds. The van der Waals surface area contributed by atoms with E-state index in [1.54, 1.807) is 0 Å². The third-order valence-corrected chi connectivity index (χ3v) is 8.53. The van der Waals surface area contributed by atoms with Gasteiger partial charge in [-0.25, -0.2) is 4.79 Å². The lowest BCUT2D eigenvalue weighted by Gasteiger charge is -2.31. The number of rotatable bonds is 9. The summed E-state index contributed by atoms with van der Waals surface area (Å²) in [6.07, 6.45) is 3.10. The van der Waals surface area contributed by atoms with E-state index in [0.29, 0.717) is 39.1 Å². The first-order valence-corrected chi connectivity index (χ1v) is 14.8. The lowest BCUT2D eigenvalue weighted by Crippen LogP contribution is -2.49. The number of nitrogens with two attached hydrogens (primary N) is 1.